The lowest BCUT2D eigenvalue weighted by molar-refractivity contribution is 0.0988. The molecule has 0 radical (unpaired) electrons. The lowest BCUT2D eigenvalue weighted by Crippen LogP contribution is -2.21. The highest BCUT2D eigenvalue weighted by molar-refractivity contribution is 6.40. The molecule has 1 aliphatic carbocycles. The van der Waals surface area contributed by atoms with Crippen molar-refractivity contribution in [2.24, 2.45) is 0 Å². The molecule has 104 valence electrons. The highest BCUT2D eigenvalue weighted by atomic mass is 16.5. The minimum absolute atomic E-state index is 0.133. The number of amides is 1. The number of carbonyl (C=O) groups is 3. The highest BCUT2D eigenvalue weighted by Gasteiger charge is 2.34. The summed E-state index contributed by atoms with van der Waals surface area (Å²) in [5.41, 5.74) is 1.46. The lowest BCUT2D eigenvalue weighted by atomic mass is 10.0. The van der Waals surface area contributed by atoms with E-state index in [1.54, 1.807) is 36.4 Å². The van der Waals surface area contributed by atoms with Crippen molar-refractivity contribution < 1.29 is 19.1 Å². The molecule has 0 bridgehead atoms. The second-order valence-electron chi connectivity index (χ2n) is 4.54. The number of rotatable bonds is 0. The molecule has 1 aromatic rings. The zero-order valence-corrected chi connectivity index (χ0v) is 11.2. The minimum Gasteiger partial charge on any atom is -0.452 e. The average molecular weight is 281 g/mol. The molecule has 1 amide bonds. The molecule has 1 heterocycles. The highest BCUT2D eigenvalue weighted by Crippen LogP contribution is 2.30. The van der Waals surface area contributed by atoms with Crippen LogP contribution in [0.2, 0.25) is 0 Å². The van der Waals surface area contributed by atoms with Crippen molar-refractivity contribution in [3.05, 3.63) is 71.1 Å². The van der Waals surface area contributed by atoms with Gasteiger partial charge < -0.3 is 4.74 Å². The number of allylic oxidation sites excluding steroid dienone is 4. The Bertz CT molecular complexity index is 702. The van der Waals surface area contributed by atoms with E-state index in [2.05, 4.69) is 4.74 Å². The second-order valence-corrected chi connectivity index (χ2v) is 4.54. The molecule has 0 N–H and O–H groups in total. The molecular weight excluding hydrogens is 270 g/mol. The molecule has 0 aromatic heterocycles. The Balaban J connectivity index is 2.00. The Hall–Kier alpha value is -2.95. The molecule has 0 fully saturated rings. The van der Waals surface area contributed by atoms with Crippen LogP contribution in [0.4, 0.5) is 4.79 Å². The van der Waals surface area contributed by atoms with Crippen molar-refractivity contribution in [1.29, 1.82) is 0 Å². The van der Waals surface area contributed by atoms with Gasteiger partial charge in [0.15, 0.2) is 11.6 Å². The number of ketones is 2. The molecule has 1 aromatic carbocycles. The van der Waals surface area contributed by atoms with Crippen molar-refractivity contribution >= 4 is 17.7 Å². The molecule has 0 spiro atoms. The fourth-order valence-corrected chi connectivity index (χ4v) is 2.33. The van der Waals surface area contributed by atoms with Gasteiger partial charge in [-0.3, -0.25) is 14.5 Å². The van der Waals surface area contributed by atoms with Crippen molar-refractivity contribution in [2.45, 2.75) is 0 Å². The van der Waals surface area contributed by atoms with Crippen LogP contribution in [-0.4, -0.2) is 29.7 Å². The molecular formula is C16H11NO4. The number of methoxy groups -OCH3 is 1. The monoisotopic (exact) mass is 281 g/mol. The van der Waals surface area contributed by atoms with E-state index in [1.165, 1.54) is 24.4 Å². The summed E-state index contributed by atoms with van der Waals surface area (Å²) in [4.78, 5) is 37.2. The molecule has 3 rings (SSSR count). The smallest absolute Gasteiger partial charge is 0.417 e. The Morgan fingerprint density at radius 3 is 2.00 bits per heavy atom. The van der Waals surface area contributed by atoms with Gasteiger partial charge in [0.25, 0.3) is 0 Å². The van der Waals surface area contributed by atoms with Crippen molar-refractivity contribution in [2.75, 3.05) is 7.11 Å². The van der Waals surface area contributed by atoms with Crippen LogP contribution < -0.4 is 0 Å². The summed E-state index contributed by atoms with van der Waals surface area (Å²) in [6, 6.07) is 6.73. The van der Waals surface area contributed by atoms with Crippen LogP contribution in [0.15, 0.2) is 60.0 Å². The number of Topliss-reactive ketones (excluding diaryl/α,β-unsaturated/α-hetero) is 2. The number of carbonyl (C=O) groups excluding carboxylic acids is 3. The van der Waals surface area contributed by atoms with Crippen LogP contribution in [0.3, 0.4) is 0 Å². The van der Waals surface area contributed by atoms with Gasteiger partial charge in [-0.25, -0.2) is 4.79 Å². The third kappa shape index (κ3) is 1.99. The van der Waals surface area contributed by atoms with E-state index in [0.29, 0.717) is 16.7 Å². The van der Waals surface area contributed by atoms with E-state index in [0.717, 1.165) is 0 Å². The molecule has 0 saturated heterocycles. The number of nitrogens with zero attached hydrogens (tertiary/aromatic N) is 1. The third-order valence-electron chi connectivity index (χ3n) is 3.37. The maximum Gasteiger partial charge on any atom is 0.417 e. The number of hydrogen-bond donors (Lipinski definition) is 0. The summed E-state index contributed by atoms with van der Waals surface area (Å²) in [6.45, 7) is 0. The van der Waals surface area contributed by atoms with Crippen LogP contribution in [0.1, 0.15) is 20.7 Å². The van der Waals surface area contributed by atoms with Crippen LogP contribution in [0.25, 0.3) is 0 Å². The summed E-state index contributed by atoms with van der Waals surface area (Å²) >= 11 is 0. The number of fused-ring (bicyclic) bond motifs is 1. The van der Waals surface area contributed by atoms with E-state index in [9.17, 15) is 14.4 Å². The largest absolute Gasteiger partial charge is 0.452 e. The molecule has 0 saturated carbocycles. The number of ether oxygens (including phenoxy) is 1. The van der Waals surface area contributed by atoms with E-state index >= 15 is 0 Å². The first-order chi connectivity index (χ1) is 10.1. The maximum atomic E-state index is 12.3. The van der Waals surface area contributed by atoms with Crippen LogP contribution in [0.5, 0.6) is 0 Å². The SMILES string of the molecule is COC(=O)N1C=CC(=C2C(=O)c3ccccc3C2=O)C=C1. The molecule has 1 aliphatic heterocycles. The van der Waals surface area contributed by atoms with E-state index in [-0.39, 0.29) is 17.1 Å². The molecule has 5 nitrogen and oxygen atoms in total. The lowest BCUT2D eigenvalue weighted by Gasteiger charge is -2.15. The topological polar surface area (TPSA) is 63.7 Å². The fourth-order valence-electron chi connectivity index (χ4n) is 2.33. The molecule has 2 aliphatic rings. The summed E-state index contributed by atoms with van der Waals surface area (Å²) in [7, 11) is 1.28. The Morgan fingerprint density at radius 1 is 1.00 bits per heavy atom. The van der Waals surface area contributed by atoms with Gasteiger partial charge in [-0.1, -0.05) is 24.3 Å². The van der Waals surface area contributed by atoms with Crippen LogP contribution in [-0.2, 0) is 4.74 Å². The first-order valence-electron chi connectivity index (χ1n) is 6.29. The Labute approximate surface area is 120 Å². The molecule has 0 atom stereocenters. The summed E-state index contributed by atoms with van der Waals surface area (Å²) < 4.78 is 4.58. The standard InChI is InChI=1S/C16H11NO4/c1-21-16(20)17-8-6-10(7-9-17)13-14(18)11-4-2-3-5-12(11)15(13)19/h2-9H,1H3. The van der Waals surface area contributed by atoms with Gasteiger partial charge >= 0.3 is 6.09 Å². The molecule has 0 unspecified atom stereocenters. The maximum absolute atomic E-state index is 12.3. The predicted octanol–water partition coefficient (Wildman–Crippen LogP) is 2.47. The van der Waals surface area contributed by atoms with Gasteiger partial charge in [-0.15, -0.1) is 0 Å². The van der Waals surface area contributed by atoms with Crippen molar-refractivity contribution in [3.8, 4) is 0 Å². The summed E-state index contributed by atoms with van der Waals surface area (Å²) in [6.07, 6.45) is 5.47. The summed E-state index contributed by atoms with van der Waals surface area (Å²) in [5, 5.41) is 0. The van der Waals surface area contributed by atoms with Gasteiger partial charge in [0.2, 0.25) is 0 Å². The third-order valence-corrected chi connectivity index (χ3v) is 3.37. The van der Waals surface area contributed by atoms with Gasteiger partial charge in [0, 0.05) is 23.5 Å². The number of benzene rings is 1. The zero-order valence-electron chi connectivity index (χ0n) is 11.2. The number of hydrogen-bond acceptors (Lipinski definition) is 4. The van der Waals surface area contributed by atoms with Gasteiger partial charge in [-0.2, -0.15) is 0 Å². The minimum atomic E-state index is -0.543. The van der Waals surface area contributed by atoms with E-state index in [4.69, 9.17) is 0 Å². The fraction of sp³-hybridized carbons (Fsp3) is 0.0625. The quantitative estimate of drug-likeness (QED) is 0.541. The van der Waals surface area contributed by atoms with Crippen molar-refractivity contribution in [3.63, 3.8) is 0 Å². The predicted molar refractivity (Wildman–Crippen MR) is 74.7 cm³/mol. The first kappa shape index (κ1) is 13.1. The van der Waals surface area contributed by atoms with Crippen LogP contribution >= 0.6 is 0 Å². The Morgan fingerprint density at radius 2 is 1.52 bits per heavy atom. The normalized spacial score (nSPS) is 16.5. The molecule has 21 heavy (non-hydrogen) atoms. The van der Waals surface area contributed by atoms with E-state index < -0.39 is 6.09 Å². The van der Waals surface area contributed by atoms with Gasteiger partial charge in [-0.05, 0) is 17.7 Å². The first-order valence-corrected chi connectivity index (χ1v) is 6.29. The van der Waals surface area contributed by atoms with E-state index in [1.807, 2.05) is 0 Å². The zero-order chi connectivity index (χ0) is 15.0. The summed E-state index contributed by atoms with van der Waals surface area (Å²) in [5.74, 6) is -0.571. The van der Waals surface area contributed by atoms with Gasteiger partial charge in [0.1, 0.15) is 0 Å². The van der Waals surface area contributed by atoms with Crippen LogP contribution in [0, 0.1) is 0 Å². The average Bonchev–Trinajstić information content (AvgIpc) is 2.79. The Kier molecular flexibility index (Phi) is 3.02. The van der Waals surface area contributed by atoms with Gasteiger partial charge in [0.05, 0.1) is 12.7 Å². The molecule has 5 heteroatoms. The second kappa shape index (κ2) is 4.86. The van der Waals surface area contributed by atoms with Crippen molar-refractivity contribution in [1.82, 2.24) is 4.90 Å².